The van der Waals surface area contributed by atoms with Gasteiger partial charge in [-0.1, -0.05) is 71.6 Å². The fourth-order valence-electron chi connectivity index (χ4n) is 4.20. The molecule has 1 saturated carbocycles. The molecule has 40 heavy (non-hydrogen) atoms. The standard InChI is InChI=1S/C26H49O13P/c1-3-5-7-8-9-10-11-12-13-15-20(28)38-18(16-36-19(27)14-6-4-2)17-37-40(34,35)39-26-24(32)22(30)21(29)23(31)25(26)33/h18,21-26,29-33H,3-17H2,1-2H3,(H,34,35). The topological polar surface area (TPSA) is 210 Å². The summed E-state index contributed by atoms with van der Waals surface area (Å²) in [5.41, 5.74) is 0. The predicted octanol–water partition coefficient (Wildman–Crippen LogP) is 1.87. The highest BCUT2D eigenvalue weighted by atomic mass is 31.2. The maximum Gasteiger partial charge on any atom is 0.472 e. The van der Waals surface area contributed by atoms with E-state index in [1.165, 1.54) is 25.7 Å². The van der Waals surface area contributed by atoms with Gasteiger partial charge < -0.3 is 39.9 Å². The van der Waals surface area contributed by atoms with E-state index in [0.29, 0.717) is 12.8 Å². The number of phosphoric ester groups is 1. The zero-order chi connectivity index (χ0) is 30.1. The molecule has 1 aliphatic rings. The fourth-order valence-corrected chi connectivity index (χ4v) is 5.18. The van der Waals surface area contributed by atoms with E-state index in [9.17, 15) is 44.6 Å². The molecule has 0 bridgehead atoms. The average molecular weight is 601 g/mol. The first kappa shape index (κ1) is 36.9. The number of phosphoric acid groups is 1. The number of esters is 2. The fraction of sp³-hybridized carbons (Fsp3) is 0.923. The Morgan fingerprint density at radius 1 is 0.675 bits per heavy atom. The lowest BCUT2D eigenvalue weighted by molar-refractivity contribution is -0.220. The van der Waals surface area contributed by atoms with Crippen LogP contribution in [0.25, 0.3) is 0 Å². The monoisotopic (exact) mass is 600 g/mol. The first-order valence-corrected chi connectivity index (χ1v) is 15.8. The van der Waals surface area contributed by atoms with Gasteiger partial charge in [-0.2, -0.15) is 0 Å². The normalized spacial score (nSPS) is 27.1. The molecule has 13 nitrogen and oxygen atoms in total. The average Bonchev–Trinajstić information content (AvgIpc) is 2.92. The van der Waals surface area contributed by atoms with Crippen LogP contribution in [0.1, 0.15) is 97.3 Å². The van der Waals surface area contributed by atoms with E-state index < -0.39 is 75.7 Å². The second-order valence-electron chi connectivity index (χ2n) is 10.3. The molecule has 0 aliphatic heterocycles. The predicted molar refractivity (Wildman–Crippen MR) is 143 cm³/mol. The minimum atomic E-state index is -5.07. The number of hydrogen-bond donors (Lipinski definition) is 6. The lowest BCUT2D eigenvalue weighted by Crippen LogP contribution is -2.64. The van der Waals surface area contributed by atoms with Crippen LogP contribution in [0.2, 0.25) is 0 Å². The van der Waals surface area contributed by atoms with E-state index in [0.717, 1.165) is 32.1 Å². The van der Waals surface area contributed by atoms with Crippen LogP contribution in [0.5, 0.6) is 0 Å². The van der Waals surface area contributed by atoms with Crippen molar-refractivity contribution in [2.45, 2.75) is 140 Å². The summed E-state index contributed by atoms with van der Waals surface area (Å²) in [6.45, 7) is 2.90. The van der Waals surface area contributed by atoms with Crippen molar-refractivity contribution in [3.8, 4) is 0 Å². The number of unbranched alkanes of at least 4 members (excludes halogenated alkanes) is 9. The van der Waals surface area contributed by atoms with E-state index in [1.54, 1.807) is 0 Å². The Morgan fingerprint density at radius 3 is 1.70 bits per heavy atom. The van der Waals surface area contributed by atoms with Crippen LogP contribution in [0.4, 0.5) is 0 Å². The number of carbonyl (C=O) groups is 2. The van der Waals surface area contributed by atoms with Crippen LogP contribution in [-0.2, 0) is 32.7 Å². The highest BCUT2D eigenvalue weighted by Gasteiger charge is 2.51. The number of ether oxygens (including phenoxy) is 2. The van der Waals surface area contributed by atoms with Crippen LogP contribution in [0, 0.1) is 0 Å². The molecule has 14 heteroatoms. The zero-order valence-electron chi connectivity index (χ0n) is 23.6. The molecule has 1 aliphatic carbocycles. The van der Waals surface area contributed by atoms with Gasteiger partial charge in [0.05, 0.1) is 6.61 Å². The maximum absolute atomic E-state index is 12.5. The molecule has 1 fully saturated rings. The van der Waals surface area contributed by atoms with Crippen LogP contribution in [0.15, 0.2) is 0 Å². The smallest absolute Gasteiger partial charge is 0.462 e. The van der Waals surface area contributed by atoms with Gasteiger partial charge in [-0.05, 0) is 12.8 Å². The van der Waals surface area contributed by atoms with Crippen molar-refractivity contribution in [1.29, 1.82) is 0 Å². The maximum atomic E-state index is 12.5. The first-order chi connectivity index (χ1) is 18.9. The molecule has 0 spiro atoms. The molecule has 0 saturated heterocycles. The summed E-state index contributed by atoms with van der Waals surface area (Å²) in [6, 6.07) is 0. The molecule has 6 atom stereocenters. The van der Waals surface area contributed by atoms with Crippen LogP contribution < -0.4 is 0 Å². The summed E-state index contributed by atoms with van der Waals surface area (Å²) >= 11 is 0. The van der Waals surface area contributed by atoms with E-state index in [1.807, 2.05) is 6.92 Å². The Balaban J connectivity index is 2.62. The third-order valence-electron chi connectivity index (χ3n) is 6.70. The number of rotatable bonds is 21. The summed E-state index contributed by atoms with van der Waals surface area (Å²) < 4.78 is 32.6. The molecular weight excluding hydrogens is 551 g/mol. The molecule has 0 aromatic carbocycles. The largest absolute Gasteiger partial charge is 0.472 e. The molecule has 0 heterocycles. The Morgan fingerprint density at radius 2 is 1.15 bits per heavy atom. The highest BCUT2D eigenvalue weighted by Crippen LogP contribution is 2.47. The Hall–Kier alpha value is -1.15. The second-order valence-corrected chi connectivity index (χ2v) is 11.7. The summed E-state index contributed by atoms with van der Waals surface area (Å²) in [5, 5.41) is 49.3. The molecule has 6 unspecified atom stereocenters. The van der Waals surface area contributed by atoms with Gasteiger partial charge in [0.2, 0.25) is 0 Å². The molecule has 0 aromatic heterocycles. The van der Waals surface area contributed by atoms with Crippen molar-refractivity contribution in [3.63, 3.8) is 0 Å². The van der Waals surface area contributed by atoms with Gasteiger partial charge in [0, 0.05) is 12.8 Å². The summed E-state index contributed by atoms with van der Waals surface area (Å²) in [7, 11) is -5.07. The molecular formula is C26H49O13P. The minimum Gasteiger partial charge on any atom is -0.462 e. The van der Waals surface area contributed by atoms with Gasteiger partial charge in [0.15, 0.2) is 6.10 Å². The number of aliphatic hydroxyl groups excluding tert-OH is 5. The Bertz CT molecular complexity index is 751. The quantitative estimate of drug-likeness (QED) is 0.0632. The van der Waals surface area contributed by atoms with Crippen LogP contribution in [0.3, 0.4) is 0 Å². The Labute approximate surface area is 236 Å². The third-order valence-corrected chi connectivity index (χ3v) is 7.68. The molecule has 0 aromatic rings. The Kier molecular flexibility index (Phi) is 18.3. The lowest BCUT2D eigenvalue weighted by atomic mass is 9.85. The van der Waals surface area contributed by atoms with Crippen molar-refractivity contribution in [3.05, 3.63) is 0 Å². The van der Waals surface area contributed by atoms with Gasteiger partial charge in [0.1, 0.15) is 43.2 Å². The van der Waals surface area contributed by atoms with Crippen LogP contribution >= 0.6 is 7.82 Å². The minimum absolute atomic E-state index is 0.0992. The SMILES string of the molecule is CCCCCCCCCCCC(=O)OC(COC(=O)CCCC)COP(=O)(O)OC1C(O)C(O)C(O)C(O)C1O. The van der Waals surface area contributed by atoms with Crippen molar-refractivity contribution in [2.75, 3.05) is 13.2 Å². The lowest BCUT2D eigenvalue weighted by Gasteiger charge is -2.41. The van der Waals surface area contributed by atoms with Gasteiger partial charge in [-0.3, -0.25) is 18.6 Å². The van der Waals surface area contributed by atoms with E-state index in [-0.39, 0.29) is 12.8 Å². The van der Waals surface area contributed by atoms with Gasteiger partial charge in [0.25, 0.3) is 0 Å². The second kappa shape index (κ2) is 19.9. The summed E-state index contributed by atoms with van der Waals surface area (Å²) in [6.07, 6.45) is -2.00. The molecule has 0 amide bonds. The first-order valence-electron chi connectivity index (χ1n) is 14.3. The number of carbonyl (C=O) groups excluding carboxylic acids is 2. The molecule has 6 N–H and O–H groups in total. The molecule has 0 radical (unpaired) electrons. The molecule has 1 rings (SSSR count). The summed E-state index contributed by atoms with van der Waals surface area (Å²) in [5.74, 6) is -1.14. The van der Waals surface area contributed by atoms with Gasteiger partial charge in [-0.15, -0.1) is 0 Å². The highest BCUT2D eigenvalue weighted by molar-refractivity contribution is 7.47. The van der Waals surface area contributed by atoms with Gasteiger partial charge >= 0.3 is 19.8 Å². The molecule has 236 valence electrons. The van der Waals surface area contributed by atoms with E-state index in [4.69, 9.17) is 18.5 Å². The van der Waals surface area contributed by atoms with Crippen molar-refractivity contribution in [2.24, 2.45) is 0 Å². The van der Waals surface area contributed by atoms with Crippen LogP contribution in [-0.4, -0.2) is 98.3 Å². The van der Waals surface area contributed by atoms with Gasteiger partial charge in [-0.25, -0.2) is 4.57 Å². The van der Waals surface area contributed by atoms with Crippen molar-refractivity contribution >= 4 is 19.8 Å². The van der Waals surface area contributed by atoms with E-state index in [2.05, 4.69) is 6.92 Å². The van der Waals surface area contributed by atoms with Crippen molar-refractivity contribution < 1.29 is 63.1 Å². The summed E-state index contributed by atoms with van der Waals surface area (Å²) in [4.78, 5) is 34.4. The number of aliphatic hydroxyl groups is 5. The number of hydrogen-bond acceptors (Lipinski definition) is 12. The van der Waals surface area contributed by atoms with Crippen molar-refractivity contribution in [1.82, 2.24) is 0 Å². The van der Waals surface area contributed by atoms with E-state index >= 15 is 0 Å². The third kappa shape index (κ3) is 14.2. The zero-order valence-corrected chi connectivity index (χ0v) is 24.5.